The summed E-state index contributed by atoms with van der Waals surface area (Å²) in [4.78, 5) is 14.7. The van der Waals surface area contributed by atoms with E-state index < -0.39 is 17.2 Å². The van der Waals surface area contributed by atoms with Crippen LogP contribution < -0.4 is 14.4 Å². The van der Waals surface area contributed by atoms with Crippen LogP contribution in [-0.4, -0.2) is 57.5 Å². The van der Waals surface area contributed by atoms with Crippen molar-refractivity contribution in [3.05, 3.63) is 47.5 Å². The zero-order valence-electron chi connectivity index (χ0n) is 18.6. The average molecular weight is 472 g/mol. The molecule has 1 saturated carbocycles. The fourth-order valence-electron chi connectivity index (χ4n) is 5.13. The molecule has 2 aromatic carbocycles. The van der Waals surface area contributed by atoms with Gasteiger partial charge in [0, 0.05) is 19.0 Å². The fourth-order valence-corrected chi connectivity index (χ4v) is 5.78. The van der Waals surface area contributed by atoms with Gasteiger partial charge < -0.3 is 20.1 Å². The molecule has 9 heteroatoms. The van der Waals surface area contributed by atoms with Crippen LogP contribution in [0.5, 0.6) is 5.75 Å². The third kappa shape index (κ3) is 4.20. The van der Waals surface area contributed by atoms with Gasteiger partial charge in [-0.2, -0.15) is 0 Å². The summed E-state index contributed by atoms with van der Waals surface area (Å²) >= 11 is -2.49. The molecule has 8 nitrogen and oxygen atoms in total. The minimum absolute atomic E-state index is 0.0653. The first-order chi connectivity index (χ1) is 16.0. The van der Waals surface area contributed by atoms with Crippen molar-refractivity contribution >= 4 is 34.3 Å². The summed E-state index contributed by atoms with van der Waals surface area (Å²) in [5.74, 6) is 0.399. The average Bonchev–Trinajstić information content (AvgIpc) is 3.46. The minimum atomic E-state index is -2.49. The maximum Gasteiger partial charge on any atom is 0.341 e. The highest BCUT2D eigenvalue weighted by atomic mass is 32.2. The second-order valence-electron chi connectivity index (χ2n) is 9.07. The van der Waals surface area contributed by atoms with Crippen molar-refractivity contribution in [2.24, 2.45) is 11.8 Å². The zero-order valence-corrected chi connectivity index (χ0v) is 19.4. The summed E-state index contributed by atoms with van der Waals surface area (Å²) in [6.45, 7) is 6.51. The van der Waals surface area contributed by atoms with Crippen molar-refractivity contribution in [3.63, 3.8) is 0 Å². The normalized spacial score (nSPS) is 24.4. The molecule has 0 aromatic heterocycles. The number of carbonyl (C=O) groups is 1. The Kier molecular flexibility index (Phi) is 6.03. The number of hydrogen-bond donors (Lipinski definition) is 3. The molecule has 2 aromatic rings. The van der Waals surface area contributed by atoms with Crippen LogP contribution in [0.1, 0.15) is 41.6 Å². The number of likely N-dealkylation sites (tertiary alicyclic amines) is 1. The van der Waals surface area contributed by atoms with E-state index in [-0.39, 0.29) is 11.3 Å². The SMILES string of the molecule is CCN1CC[C@H](CNc2ccccc2N(c2ccc3c(c2C(=O)O)OCC2CC32)S(=O)O)C1. The maximum atomic E-state index is 12.6. The zero-order chi connectivity index (χ0) is 23.1. The van der Waals surface area contributed by atoms with E-state index in [1.807, 2.05) is 18.2 Å². The Hall–Kier alpha value is -2.62. The van der Waals surface area contributed by atoms with Crippen molar-refractivity contribution in [2.75, 3.05) is 42.4 Å². The van der Waals surface area contributed by atoms with Gasteiger partial charge in [-0.05, 0) is 61.5 Å². The van der Waals surface area contributed by atoms with Crippen LogP contribution in [0.4, 0.5) is 17.1 Å². The number of para-hydroxylation sites is 2. The first kappa shape index (κ1) is 22.2. The molecule has 33 heavy (non-hydrogen) atoms. The second kappa shape index (κ2) is 8.96. The quantitative estimate of drug-likeness (QED) is 0.502. The molecule has 1 aliphatic carbocycles. The van der Waals surface area contributed by atoms with Gasteiger partial charge in [0.05, 0.1) is 23.7 Å². The Morgan fingerprint density at radius 3 is 2.82 bits per heavy atom. The van der Waals surface area contributed by atoms with Crippen LogP contribution in [0.25, 0.3) is 0 Å². The van der Waals surface area contributed by atoms with Crippen LogP contribution in [0.2, 0.25) is 0 Å². The summed E-state index contributed by atoms with van der Waals surface area (Å²) in [7, 11) is 0. The van der Waals surface area contributed by atoms with E-state index in [0.29, 0.717) is 41.5 Å². The van der Waals surface area contributed by atoms with Crippen LogP contribution in [0.3, 0.4) is 0 Å². The second-order valence-corrected chi connectivity index (χ2v) is 9.89. The Morgan fingerprint density at radius 2 is 2.09 bits per heavy atom. The number of aromatic carboxylic acids is 1. The van der Waals surface area contributed by atoms with Crippen molar-refractivity contribution in [2.45, 2.75) is 25.7 Å². The van der Waals surface area contributed by atoms with E-state index in [0.717, 1.165) is 44.6 Å². The number of carboxylic acid groups (broad SMARTS) is 1. The molecule has 0 radical (unpaired) electrons. The topological polar surface area (TPSA) is 102 Å². The summed E-state index contributed by atoms with van der Waals surface area (Å²) in [6.07, 6.45) is 2.09. The molecule has 2 heterocycles. The number of ether oxygens (including phenoxy) is 1. The molecule has 1 saturated heterocycles. The highest BCUT2D eigenvalue weighted by Gasteiger charge is 2.46. The third-order valence-electron chi connectivity index (χ3n) is 7.04. The Balaban J connectivity index is 1.49. The number of fused-ring (bicyclic) bond motifs is 3. The Bertz CT molecular complexity index is 1090. The monoisotopic (exact) mass is 471 g/mol. The largest absolute Gasteiger partial charge is 0.492 e. The molecule has 3 unspecified atom stereocenters. The number of rotatable bonds is 8. The smallest absolute Gasteiger partial charge is 0.341 e. The number of hydrogen-bond acceptors (Lipinski definition) is 5. The number of carboxylic acids is 1. The van der Waals surface area contributed by atoms with E-state index in [1.54, 1.807) is 18.2 Å². The Morgan fingerprint density at radius 1 is 1.27 bits per heavy atom. The lowest BCUT2D eigenvalue weighted by molar-refractivity contribution is 0.0692. The van der Waals surface area contributed by atoms with Gasteiger partial charge in [0.15, 0.2) is 0 Å². The van der Waals surface area contributed by atoms with Gasteiger partial charge in [-0.1, -0.05) is 25.1 Å². The molecule has 3 aliphatic rings. The van der Waals surface area contributed by atoms with Crippen molar-refractivity contribution in [1.82, 2.24) is 4.90 Å². The van der Waals surface area contributed by atoms with Gasteiger partial charge in [-0.3, -0.25) is 4.55 Å². The fraction of sp³-hybridized carbons (Fsp3) is 0.458. The van der Waals surface area contributed by atoms with Gasteiger partial charge in [0.2, 0.25) is 0 Å². The van der Waals surface area contributed by atoms with Crippen molar-refractivity contribution in [3.8, 4) is 5.75 Å². The van der Waals surface area contributed by atoms with E-state index in [2.05, 4.69) is 17.1 Å². The van der Waals surface area contributed by atoms with Gasteiger partial charge in [0.25, 0.3) is 11.3 Å². The van der Waals surface area contributed by atoms with E-state index in [9.17, 15) is 18.7 Å². The summed E-state index contributed by atoms with van der Waals surface area (Å²) in [5, 5.41) is 13.5. The number of benzene rings is 2. The van der Waals surface area contributed by atoms with Crippen molar-refractivity contribution < 1.29 is 23.4 Å². The summed E-state index contributed by atoms with van der Waals surface area (Å²) in [5.41, 5.74) is 2.10. The standard InChI is InChI=1S/C24H29N3O5S/c1-2-26-10-9-15(13-26)12-25-19-5-3-4-6-20(19)27(33(30)31)21-8-7-17-18-11-16(18)14-32-23(17)22(21)24(28)29/h3-8,15-16,18,25H,2,9-14H2,1H3,(H,28,29)(H,30,31)/t15-,16?,18?/m1/s1. The number of nitrogens with zero attached hydrogens (tertiary/aromatic N) is 2. The molecular formula is C24H29N3O5S. The molecule has 5 rings (SSSR count). The predicted molar refractivity (Wildman–Crippen MR) is 128 cm³/mol. The first-order valence-corrected chi connectivity index (χ1v) is 12.5. The minimum Gasteiger partial charge on any atom is -0.492 e. The van der Waals surface area contributed by atoms with Crippen LogP contribution in [0.15, 0.2) is 36.4 Å². The molecule has 176 valence electrons. The summed E-state index contributed by atoms with van der Waals surface area (Å²) in [6, 6.07) is 10.7. The third-order valence-corrected chi connectivity index (χ3v) is 7.75. The number of anilines is 3. The van der Waals surface area contributed by atoms with E-state index in [4.69, 9.17) is 4.74 Å². The van der Waals surface area contributed by atoms with E-state index >= 15 is 0 Å². The maximum absolute atomic E-state index is 12.6. The molecular weight excluding hydrogens is 442 g/mol. The molecule has 0 amide bonds. The van der Waals surface area contributed by atoms with Gasteiger partial charge in [-0.25, -0.2) is 13.3 Å². The molecule has 3 N–H and O–H groups in total. The lowest BCUT2D eigenvalue weighted by Gasteiger charge is -2.27. The van der Waals surface area contributed by atoms with Gasteiger partial charge in [-0.15, -0.1) is 0 Å². The molecule has 2 fully saturated rings. The molecule has 4 atom stereocenters. The lowest BCUT2D eigenvalue weighted by Crippen LogP contribution is -2.25. The van der Waals surface area contributed by atoms with E-state index in [1.165, 1.54) is 4.31 Å². The number of nitrogens with one attached hydrogen (secondary N) is 1. The predicted octanol–water partition coefficient (Wildman–Crippen LogP) is 3.91. The van der Waals surface area contributed by atoms with Crippen LogP contribution in [-0.2, 0) is 11.3 Å². The lowest BCUT2D eigenvalue weighted by atomic mass is 10.00. The van der Waals surface area contributed by atoms with Crippen molar-refractivity contribution in [1.29, 1.82) is 0 Å². The van der Waals surface area contributed by atoms with Gasteiger partial charge in [0.1, 0.15) is 11.3 Å². The molecule has 0 spiro atoms. The molecule has 2 aliphatic heterocycles. The van der Waals surface area contributed by atoms with Crippen LogP contribution in [0, 0.1) is 11.8 Å². The van der Waals surface area contributed by atoms with Gasteiger partial charge >= 0.3 is 5.97 Å². The van der Waals surface area contributed by atoms with Crippen LogP contribution >= 0.6 is 0 Å². The summed E-state index contributed by atoms with van der Waals surface area (Å²) < 4.78 is 29.9. The highest BCUT2D eigenvalue weighted by Crippen LogP contribution is 2.56. The highest BCUT2D eigenvalue weighted by molar-refractivity contribution is 7.81. The first-order valence-electron chi connectivity index (χ1n) is 11.5. The molecule has 0 bridgehead atoms. The Labute approximate surface area is 196 Å².